The number of rotatable bonds is 8. The van der Waals surface area contributed by atoms with Gasteiger partial charge in [0.2, 0.25) is 0 Å². The van der Waals surface area contributed by atoms with Crippen molar-refractivity contribution in [3.05, 3.63) is 18.2 Å². The largest absolute Gasteiger partial charge is 0.383 e. The Morgan fingerprint density at radius 3 is 3.17 bits per heavy atom. The number of nitrogens with one attached hydrogen (secondary N) is 1. The molecule has 1 N–H and O–H groups in total. The summed E-state index contributed by atoms with van der Waals surface area (Å²) in [5.74, 6) is 1.21. The van der Waals surface area contributed by atoms with Gasteiger partial charge in [0.25, 0.3) is 0 Å². The highest BCUT2D eigenvalue weighted by Gasteiger charge is 2.15. The molecule has 0 spiro atoms. The molecular formula is C13H24N4O. The van der Waals surface area contributed by atoms with E-state index in [2.05, 4.69) is 26.0 Å². The van der Waals surface area contributed by atoms with Gasteiger partial charge in [-0.2, -0.15) is 0 Å². The van der Waals surface area contributed by atoms with Gasteiger partial charge >= 0.3 is 0 Å². The van der Waals surface area contributed by atoms with Crippen LogP contribution < -0.4 is 5.32 Å². The molecule has 2 heterocycles. The highest BCUT2D eigenvalue weighted by Crippen LogP contribution is 2.10. The summed E-state index contributed by atoms with van der Waals surface area (Å²) in [4.78, 5) is 6.88. The van der Waals surface area contributed by atoms with E-state index in [0.29, 0.717) is 0 Å². The van der Waals surface area contributed by atoms with E-state index in [4.69, 9.17) is 4.74 Å². The molecule has 0 saturated carbocycles. The van der Waals surface area contributed by atoms with E-state index < -0.39 is 0 Å². The number of unbranched alkanes of at least 4 members (excludes halogenated alkanes) is 1. The fraction of sp³-hybridized carbons (Fsp3) is 0.769. The van der Waals surface area contributed by atoms with Crippen LogP contribution in [-0.2, 0) is 17.8 Å². The first kappa shape index (κ1) is 13.5. The number of aromatic nitrogens is 2. The summed E-state index contributed by atoms with van der Waals surface area (Å²) < 4.78 is 7.24. The van der Waals surface area contributed by atoms with Gasteiger partial charge in [0.15, 0.2) is 0 Å². The van der Waals surface area contributed by atoms with Crippen molar-refractivity contribution >= 4 is 0 Å². The van der Waals surface area contributed by atoms with Crippen molar-refractivity contribution in [3.63, 3.8) is 0 Å². The van der Waals surface area contributed by atoms with Crippen LogP contribution in [0, 0.1) is 0 Å². The molecule has 0 aliphatic carbocycles. The number of nitrogens with zero attached hydrogens (tertiary/aromatic N) is 3. The van der Waals surface area contributed by atoms with Gasteiger partial charge in [0.1, 0.15) is 5.82 Å². The van der Waals surface area contributed by atoms with E-state index in [-0.39, 0.29) is 0 Å². The predicted molar refractivity (Wildman–Crippen MR) is 71.5 cm³/mol. The quantitative estimate of drug-likeness (QED) is 0.692. The van der Waals surface area contributed by atoms with E-state index in [1.807, 2.05) is 6.20 Å². The first-order chi connectivity index (χ1) is 8.90. The summed E-state index contributed by atoms with van der Waals surface area (Å²) in [6.07, 6.45) is 6.46. The van der Waals surface area contributed by atoms with Gasteiger partial charge in [-0.3, -0.25) is 4.90 Å². The van der Waals surface area contributed by atoms with Crippen LogP contribution >= 0.6 is 0 Å². The number of fused-ring (bicyclic) bond motifs is 1. The summed E-state index contributed by atoms with van der Waals surface area (Å²) in [5, 5.41) is 3.38. The fourth-order valence-corrected chi connectivity index (χ4v) is 2.30. The van der Waals surface area contributed by atoms with Crippen molar-refractivity contribution in [2.75, 3.05) is 39.9 Å². The first-order valence-electron chi connectivity index (χ1n) is 6.82. The minimum Gasteiger partial charge on any atom is -0.383 e. The third-order valence-electron chi connectivity index (χ3n) is 3.38. The molecule has 0 aromatic carbocycles. The second-order valence-corrected chi connectivity index (χ2v) is 4.76. The third kappa shape index (κ3) is 4.08. The second kappa shape index (κ2) is 7.51. The van der Waals surface area contributed by atoms with E-state index in [9.17, 15) is 0 Å². The molecule has 1 aromatic rings. The van der Waals surface area contributed by atoms with E-state index >= 15 is 0 Å². The summed E-state index contributed by atoms with van der Waals surface area (Å²) in [6.45, 7) is 7.27. The first-order valence-corrected chi connectivity index (χ1v) is 6.82. The van der Waals surface area contributed by atoms with Gasteiger partial charge < -0.3 is 14.6 Å². The topological polar surface area (TPSA) is 42.3 Å². The summed E-state index contributed by atoms with van der Waals surface area (Å²) >= 11 is 0. The molecule has 0 fully saturated rings. The summed E-state index contributed by atoms with van der Waals surface area (Å²) in [6, 6.07) is 0. The van der Waals surface area contributed by atoms with E-state index in [1.54, 1.807) is 7.11 Å². The Morgan fingerprint density at radius 1 is 1.33 bits per heavy atom. The Hall–Kier alpha value is -0.910. The van der Waals surface area contributed by atoms with Crippen LogP contribution in [0.4, 0.5) is 0 Å². The van der Waals surface area contributed by atoms with Crippen LogP contribution in [0.25, 0.3) is 0 Å². The van der Waals surface area contributed by atoms with Crippen molar-refractivity contribution in [1.82, 2.24) is 19.8 Å². The molecule has 1 aliphatic heterocycles. The Balaban J connectivity index is 1.53. The van der Waals surface area contributed by atoms with Gasteiger partial charge in [0.05, 0.1) is 13.2 Å². The van der Waals surface area contributed by atoms with Crippen LogP contribution in [0.2, 0.25) is 0 Å². The zero-order valence-electron chi connectivity index (χ0n) is 11.3. The van der Waals surface area contributed by atoms with Gasteiger partial charge in [-0.25, -0.2) is 4.98 Å². The average molecular weight is 252 g/mol. The molecule has 0 amide bonds. The van der Waals surface area contributed by atoms with Crippen molar-refractivity contribution in [2.45, 2.75) is 25.9 Å². The van der Waals surface area contributed by atoms with Crippen LogP contribution in [0.5, 0.6) is 0 Å². The van der Waals surface area contributed by atoms with Gasteiger partial charge in [0, 0.05) is 39.1 Å². The van der Waals surface area contributed by atoms with Gasteiger partial charge in [-0.05, 0) is 25.9 Å². The minimum atomic E-state index is 0.800. The minimum absolute atomic E-state index is 0.800. The molecule has 1 aliphatic rings. The summed E-state index contributed by atoms with van der Waals surface area (Å²) in [5.41, 5.74) is 0. The van der Waals surface area contributed by atoms with Crippen LogP contribution in [-0.4, -0.2) is 54.3 Å². The lowest BCUT2D eigenvalue weighted by Gasteiger charge is -2.27. The molecule has 5 heteroatoms. The number of ether oxygens (including phenoxy) is 1. The van der Waals surface area contributed by atoms with E-state index in [0.717, 1.165) is 39.3 Å². The van der Waals surface area contributed by atoms with Crippen LogP contribution in [0.1, 0.15) is 18.7 Å². The Kier molecular flexibility index (Phi) is 5.64. The molecule has 2 rings (SSSR count). The lowest BCUT2D eigenvalue weighted by molar-refractivity contribution is 0.197. The molecular weight excluding hydrogens is 228 g/mol. The number of hydrogen-bond acceptors (Lipinski definition) is 4. The van der Waals surface area contributed by atoms with Crippen molar-refractivity contribution in [2.24, 2.45) is 0 Å². The molecule has 5 nitrogen and oxygen atoms in total. The molecule has 0 bridgehead atoms. The Labute approximate surface area is 109 Å². The molecule has 1 aromatic heterocycles. The molecule has 0 unspecified atom stereocenters. The molecule has 0 radical (unpaired) electrons. The number of imidazole rings is 1. The van der Waals surface area contributed by atoms with Gasteiger partial charge in [-0.1, -0.05) is 0 Å². The van der Waals surface area contributed by atoms with Crippen molar-refractivity contribution in [1.29, 1.82) is 0 Å². The lowest BCUT2D eigenvalue weighted by atomic mass is 10.2. The number of hydrogen-bond donors (Lipinski definition) is 1. The Morgan fingerprint density at radius 2 is 2.28 bits per heavy atom. The monoisotopic (exact) mass is 252 g/mol. The van der Waals surface area contributed by atoms with Crippen molar-refractivity contribution < 1.29 is 4.74 Å². The lowest BCUT2D eigenvalue weighted by Crippen LogP contribution is -2.34. The maximum Gasteiger partial charge on any atom is 0.122 e. The van der Waals surface area contributed by atoms with Gasteiger partial charge in [-0.15, -0.1) is 0 Å². The third-order valence-corrected chi connectivity index (χ3v) is 3.38. The Bertz CT molecular complexity index is 339. The highest BCUT2D eigenvalue weighted by atomic mass is 16.5. The smallest absolute Gasteiger partial charge is 0.122 e. The number of methoxy groups -OCH3 is 1. The van der Waals surface area contributed by atoms with Crippen molar-refractivity contribution in [3.8, 4) is 0 Å². The molecule has 0 atom stereocenters. The van der Waals surface area contributed by atoms with E-state index in [1.165, 1.54) is 25.2 Å². The second-order valence-electron chi connectivity index (χ2n) is 4.76. The molecule has 18 heavy (non-hydrogen) atoms. The highest BCUT2D eigenvalue weighted by molar-refractivity contribution is 4.95. The standard InChI is InChI=1S/C13H24N4O/c1-18-11-6-14-4-2-3-7-16-9-10-17-8-5-15-13(17)12-16/h5,8,14H,2-4,6-7,9-12H2,1H3. The van der Waals surface area contributed by atoms with Crippen LogP contribution in [0.3, 0.4) is 0 Å². The maximum absolute atomic E-state index is 4.99. The zero-order chi connectivity index (χ0) is 12.6. The zero-order valence-corrected chi connectivity index (χ0v) is 11.3. The fourth-order valence-electron chi connectivity index (χ4n) is 2.30. The molecule has 0 saturated heterocycles. The predicted octanol–water partition coefficient (Wildman–Crippen LogP) is 0.715. The average Bonchev–Trinajstić information content (AvgIpc) is 2.85. The SMILES string of the molecule is COCCNCCCCN1CCn2ccnc2C1. The normalized spacial score (nSPS) is 15.8. The maximum atomic E-state index is 4.99. The summed E-state index contributed by atoms with van der Waals surface area (Å²) in [7, 11) is 1.74. The van der Waals surface area contributed by atoms with Crippen LogP contribution in [0.15, 0.2) is 12.4 Å². The molecule has 102 valence electrons.